The van der Waals surface area contributed by atoms with Crippen LogP contribution in [-0.4, -0.2) is 18.8 Å². The van der Waals surface area contributed by atoms with Gasteiger partial charge in [0.1, 0.15) is 5.75 Å². The normalized spacial score (nSPS) is 14.9. The van der Waals surface area contributed by atoms with Gasteiger partial charge in [-0.3, -0.25) is 0 Å². The molecule has 4 heteroatoms. The van der Waals surface area contributed by atoms with Crippen molar-refractivity contribution in [2.75, 3.05) is 13.7 Å². The maximum absolute atomic E-state index is 9.13. The third-order valence-electron chi connectivity index (χ3n) is 2.11. The molecule has 0 aliphatic rings. The van der Waals surface area contributed by atoms with Crippen LogP contribution in [0.1, 0.15) is 12.5 Å². The highest BCUT2D eigenvalue weighted by Crippen LogP contribution is 2.30. The van der Waals surface area contributed by atoms with E-state index in [-0.39, 0.29) is 6.61 Å². The van der Waals surface area contributed by atoms with Gasteiger partial charge in [0.25, 0.3) is 0 Å². The van der Waals surface area contributed by atoms with E-state index >= 15 is 0 Å². The predicted octanol–water partition coefficient (Wildman–Crippen LogP) is 1.51. The zero-order valence-electron chi connectivity index (χ0n) is 8.25. The Morgan fingerprint density at radius 3 is 2.71 bits per heavy atom. The smallest absolute Gasteiger partial charge is 0.124 e. The fourth-order valence-corrected chi connectivity index (χ4v) is 1.38. The van der Waals surface area contributed by atoms with Crippen LogP contribution in [0.4, 0.5) is 0 Å². The maximum Gasteiger partial charge on any atom is 0.124 e. The summed E-state index contributed by atoms with van der Waals surface area (Å²) in [5.41, 5.74) is 5.76. The van der Waals surface area contributed by atoms with E-state index in [1.165, 1.54) is 0 Å². The molecular weight excluding hydrogens is 202 g/mol. The first-order valence-corrected chi connectivity index (χ1v) is 4.63. The lowest BCUT2D eigenvalue weighted by Crippen LogP contribution is -2.37. The van der Waals surface area contributed by atoms with Gasteiger partial charge in [-0.1, -0.05) is 11.6 Å². The van der Waals surface area contributed by atoms with Crippen LogP contribution in [0.3, 0.4) is 0 Å². The average Bonchev–Trinajstić information content (AvgIpc) is 2.18. The van der Waals surface area contributed by atoms with Gasteiger partial charge in [0.05, 0.1) is 19.3 Å². The van der Waals surface area contributed by atoms with E-state index in [2.05, 4.69) is 0 Å². The first-order valence-electron chi connectivity index (χ1n) is 4.25. The van der Waals surface area contributed by atoms with Gasteiger partial charge in [-0.05, 0) is 25.1 Å². The van der Waals surface area contributed by atoms with Crippen molar-refractivity contribution in [3.63, 3.8) is 0 Å². The Morgan fingerprint density at radius 1 is 1.57 bits per heavy atom. The minimum atomic E-state index is -0.837. The van der Waals surface area contributed by atoms with Crippen molar-refractivity contribution in [3.05, 3.63) is 28.8 Å². The molecule has 0 fully saturated rings. The second-order valence-electron chi connectivity index (χ2n) is 3.42. The minimum absolute atomic E-state index is 0.163. The first kappa shape index (κ1) is 11.3. The topological polar surface area (TPSA) is 55.5 Å². The van der Waals surface area contributed by atoms with Crippen LogP contribution in [-0.2, 0) is 5.54 Å². The summed E-state index contributed by atoms with van der Waals surface area (Å²) in [6, 6.07) is 5.16. The van der Waals surface area contributed by atoms with Crippen LogP contribution in [0.2, 0.25) is 5.02 Å². The molecule has 0 spiro atoms. The minimum Gasteiger partial charge on any atom is -0.496 e. The fourth-order valence-electron chi connectivity index (χ4n) is 1.21. The van der Waals surface area contributed by atoms with E-state index in [9.17, 15) is 0 Å². The monoisotopic (exact) mass is 215 g/mol. The Bertz CT molecular complexity index is 326. The van der Waals surface area contributed by atoms with Gasteiger partial charge in [-0.15, -0.1) is 0 Å². The van der Waals surface area contributed by atoms with Crippen molar-refractivity contribution < 1.29 is 9.84 Å². The molecule has 0 amide bonds. The first-order chi connectivity index (χ1) is 6.51. The van der Waals surface area contributed by atoms with Crippen LogP contribution in [0.5, 0.6) is 5.75 Å². The highest BCUT2D eigenvalue weighted by molar-refractivity contribution is 6.30. The number of benzene rings is 1. The Hall–Kier alpha value is -0.770. The van der Waals surface area contributed by atoms with Crippen molar-refractivity contribution >= 4 is 11.6 Å². The molecule has 0 aliphatic heterocycles. The summed E-state index contributed by atoms with van der Waals surface area (Å²) in [6.07, 6.45) is 0. The highest BCUT2D eigenvalue weighted by Gasteiger charge is 2.24. The Morgan fingerprint density at radius 2 is 2.21 bits per heavy atom. The summed E-state index contributed by atoms with van der Waals surface area (Å²) in [6.45, 7) is 1.56. The van der Waals surface area contributed by atoms with E-state index in [1.54, 1.807) is 32.2 Å². The molecule has 0 bridgehead atoms. The number of hydrogen-bond donors (Lipinski definition) is 2. The maximum atomic E-state index is 9.13. The number of methoxy groups -OCH3 is 1. The van der Waals surface area contributed by atoms with Crippen LogP contribution < -0.4 is 10.5 Å². The van der Waals surface area contributed by atoms with Crippen molar-refractivity contribution in [3.8, 4) is 5.75 Å². The van der Waals surface area contributed by atoms with Crippen molar-refractivity contribution in [2.45, 2.75) is 12.5 Å². The van der Waals surface area contributed by atoms with Gasteiger partial charge >= 0.3 is 0 Å². The number of ether oxygens (including phenoxy) is 1. The number of nitrogens with two attached hydrogens (primary N) is 1. The molecule has 3 N–H and O–H groups in total. The molecule has 1 rings (SSSR count). The van der Waals surface area contributed by atoms with Gasteiger partial charge in [-0.2, -0.15) is 0 Å². The summed E-state index contributed by atoms with van der Waals surface area (Å²) < 4.78 is 5.14. The lowest BCUT2D eigenvalue weighted by molar-refractivity contribution is 0.206. The lowest BCUT2D eigenvalue weighted by Gasteiger charge is -2.24. The molecule has 0 aliphatic carbocycles. The number of halogens is 1. The third kappa shape index (κ3) is 2.18. The van der Waals surface area contributed by atoms with E-state index in [1.807, 2.05) is 0 Å². The van der Waals surface area contributed by atoms with E-state index in [0.29, 0.717) is 16.3 Å². The molecular formula is C10H14ClNO2. The Kier molecular flexibility index (Phi) is 3.37. The van der Waals surface area contributed by atoms with Gasteiger partial charge < -0.3 is 15.6 Å². The molecule has 1 aromatic rings. The summed E-state index contributed by atoms with van der Waals surface area (Å²) in [4.78, 5) is 0. The molecule has 1 aromatic carbocycles. The van der Waals surface area contributed by atoms with Crippen LogP contribution in [0.15, 0.2) is 18.2 Å². The van der Waals surface area contributed by atoms with Crippen LogP contribution in [0.25, 0.3) is 0 Å². The van der Waals surface area contributed by atoms with E-state index in [4.69, 9.17) is 27.2 Å². The van der Waals surface area contributed by atoms with Gasteiger partial charge in [0.2, 0.25) is 0 Å². The summed E-state index contributed by atoms with van der Waals surface area (Å²) in [5, 5.41) is 9.71. The second kappa shape index (κ2) is 4.17. The SMILES string of the molecule is COc1ccc(Cl)cc1C(C)(N)CO. The van der Waals surface area contributed by atoms with Crippen LogP contribution in [0, 0.1) is 0 Å². The summed E-state index contributed by atoms with van der Waals surface area (Å²) >= 11 is 5.84. The molecule has 3 nitrogen and oxygen atoms in total. The third-order valence-corrected chi connectivity index (χ3v) is 2.34. The Balaban J connectivity index is 3.23. The van der Waals surface area contributed by atoms with Crippen molar-refractivity contribution in [1.29, 1.82) is 0 Å². The predicted molar refractivity (Wildman–Crippen MR) is 56.6 cm³/mol. The zero-order valence-corrected chi connectivity index (χ0v) is 9.01. The molecule has 0 radical (unpaired) electrons. The van der Waals surface area contributed by atoms with Gasteiger partial charge in [0.15, 0.2) is 0 Å². The fraction of sp³-hybridized carbons (Fsp3) is 0.400. The van der Waals surface area contributed by atoms with Gasteiger partial charge in [0, 0.05) is 10.6 Å². The zero-order chi connectivity index (χ0) is 10.8. The van der Waals surface area contributed by atoms with Crippen LogP contribution >= 0.6 is 11.6 Å². The van der Waals surface area contributed by atoms with E-state index < -0.39 is 5.54 Å². The summed E-state index contributed by atoms with van der Waals surface area (Å²) in [7, 11) is 1.56. The Labute approximate surface area is 88.4 Å². The summed E-state index contributed by atoms with van der Waals surface area (Å²) in [5.74, 6) is 0.633. The molecule has 0 saturated heterocycles. The number of aliphatic hydroxyl groups is 1. The molecule has 78 valence electrons. The quantitative estimate of drug-likeness (QED) is 0.804. The van der Waals surface area contributed by atoms with Crippen molar-refractivity contribution in [2.24, 2.45) is 5.73 Å². The van der Waals surface area contributed by atoms with Crippen molar-refractivity contribution in [1.82, 2.24) is 0 Å². The number of rotatable bonds is 3. The highest BCUT2D eigenvalue weighted by atomic mass is 35.5. The lowest BCUT2D eigenvalue weighted by atomic mass is 9.93. The molecule has 1 atom stereocenters. The molecule has 14 heavy (non-hydrogen) atoms. The number of aliphatic hydroxyl groups excluding tert-OH is 1. The molecule has 0 saturated carbocycles. The largest absolute Gasteiger partial charge is 0.496 e. The molecule has 0 heterocycles. The average molecular weight is 216 g/mol. The molecule has 0 aromatic heterocycles. The van der Waals surface area contributed by atoms with Gasteiger partial charge in [-0.25, -0.2) is 0 Å². The molecule has 1 unspecified atom stereocenters. The number of hydrogen-bond acceptors (Lipinski definition) is 3. The second-order valence-corrected chi connectivity index (χ2v) is 3.86. The van der Waals surface area contributed by atoms with E-state index in [0.717, 1.165) is 0 Å². The standard InChI is InChI=1S/C10H14ClNO2/c1-10(12,6-13)8-5-7(11)3-4-9(8)14-2/h3-5,13H,6,12H2,1-2H3.